The highest BCUT2D eigenvalue weighted by molar-refractivity contribution is 5.83. The predicted molar refractivity (Wildman–Crippen MR) is 64.1 cm³/mol. The van der Waals surface area contributed by atoms with Crippen molar-refractivity contribution in [2.75, 3.05) is 26.7 Å². The van der Waals surface area contributed by atoms with Crippen LogP contribution in [-0.2, 0) is 4.79 Å². The summed E-state index contributed by atoms with van der Waals surface area (Å²) in [5.41, 5.74) is 0. The molecule has 0 aromatic heterocycles. The van der Waals surface area contributed by atoms with Gasteiger partial charge in [0.2, 0.25) is 5.91 Å². The van der Waals surface area contributed by atoms with Crippen LogP contribution in [0.2, 0.25) is 0 Å². The number of amides is 1. The van der Waals surface area contributed by atoms with Gasteiger partial charge in [-0.2, -0.15) is 0 Å². The Morgan fingerprint density at radius 1 is 1.50 bits per heavy atom. The van der Waals surface area contributed by atoms with Crippen molar-refractivity contribution >= 4 is 5.91 Å². The molecule has 94 valence electrons. The number of rotatable bonds is 4. The number of aliphatic hydroxyl groups is 1. The normalized spacial score (nSPS) is 27.9. The van der Waals surface area contributed by atoms with Gasteiger partial charge in [0.05, 0.1) is 6.04 Å². The highest BCUT2D eigenvalue weighted by atomic mass is 16.3. The van der Waals surface area contributed by atoms with E-state index in [9.17, 15) is 4.79 Å². The molecule has 0 spiro atoms. The number of piperazine rings is 1. The zero-order chi connectivity index (χ0) is 12.3. The Labute approximate surface area is 98.2 Å². The highest BCUT2D eigenvalue weighted by Gasteiger charge is 2.36. The molecule has 1 N–H and O–H groups in total. The largest absolute Gasteiger partial charge is 0.396 e. The summed E-state index contributed by atoms with van der Waals surface area (Å²) >= 11 is 0. The van der Waals surface area contributed by atoms with E-state index in [0.29, 0.717) is 12.3 Å². The van der Waals surface area contributed by atoms with Crippen LogP contribution in [0.4, 0.5) is 0 Å². The van der Waals surface area contributed by atoms with E-state index >= 15 is 0 Å². The Kier molecular flexibility index (Phi) is 4.74. The Balaban J connectivity index is 2.73. The molecule has 1 rings (SSSR count). The fourth-order valence-electron chi connectivity index (χ4n) is 2.37. The number of hydrogen-bond acceptors (Lipinski definition) is 3. The van der Waals surface area contributed by atoms with Crippen LogP contribution in [0.3, 0.4) is 0 Å². The van der Waals surface area contributed by atoms with Crippen molar-refractivity contribution in [2.45, 2.75) is 39.3 Å². The summed E-state index contributed by atoms with van der Waals surface area (Å²) in [4.78, 5) is 16.3. The van der Waals surface area contributed by atoms with Crippen LogP contribution >= 0.6 is 0 Å². The number of hydrogen-bond donors (Lipinski definition) is 1. The first kappa shape index (κ1) is 13.5. The molecule has 1 heterocycles. The van der Waals surface area contributed by atoms with E-state index in [1.807, 2.05) is 11.9 Å². The Morgan fingerprint density at radius 2 is 2.12 bits per heavy atom. The van der Waals surface area contributed by atoms with Gasteiger partial charge in [0.25, 0.3) is 0 Å². The third-order valence-electron chi connectivity index (χ3n) is 3.15. The lowest BCUT2D eigenvalue weighted by molar-refractivity contribution is -0.145. The maximum atomic E-state index is 12.2. The zero-order valence-electron chi connectivity index (χ0n) is 10.8. The maximum Gasteiger partial charge on any atom is 0.240 e. The van der Waals surface area contributed by atoms with Crippen molar-refractivity contribution in [1.29, 1.82) is 0 Å². The molecule has 0 radical (unpaired) electrons. The molecule has 1 aliphatic rings. The molecule has 0 bridgehead atoms. The summed E-state index contributed by atoms with van der Waals surface area (Å²) in [6.45, 7) is 8.12. The van der Waals surface area contributed by atoms with Crippen LogP contribution in [0, 0.1) is 5.92 Å². The number of carbonyl (C=O) groups excluding carboxylic acids is 1. The molecule has 16 heavy (non-hydrogen) atoms. The second-order valence-electron chi connectivity index (χ2n) is 5.20. The van der Waals surface area contributed by atoms with Crippen LogP contribution in [0.1, 0.15) is 27.2 Å². The van der Waals surface area contributed by atoms with Crippen LogP contribution in [0.25, 0.3) is 0 Å². The monoisotopic (exact) mass is 228 g/mol. The van der Waals surface area contributed by atoms with Crippen molar-refractivity contribution < 1.29 is 9.90 Å². The number of aliphatic hydroxyl groups excluding tert-OH is 1. The number of nitrogens with zero attached hydrogens (tertiary/aromatic N) is 2. The van der Waals surface area contributed by atoms with Crippen molar-refractivity contribution in [3.05, 3.63) is 0 Å². The van der Waals surface area contributed by atoms with Crippen LogP contribution in [0.15, 0.2) is 0 Å². The van der Waals surface area contributed by atoms with Gasteiger partial charge in [-0.1, -0.05) is 13.8 Å². The minimum Gasteiger partial charge on any atom is -0.396 e. The molecule has 4 heteroatoms. The van der Waals surface area contributed by atoms with Crippen LogP contribution in [0.5, 0.6) is 0 Å². The first-order valence-electron chi connectivity index (χ1n) is 6.09. The standard InChI is InChI=1S/C12H24N2O2/c1-9(2)7-14-10(3)8-13(4)11(5-6-15)12(14)16/h9-11,15H,5-8H2,1-4H3. The van der Waals surface area contributed by atoms with Gasteiger partial charge in [0.1, 0.15) is 0 Å². The summed E-state index contributed by atoms with van der Waals surface area (Å²) in [5.74, 6) is 0.661. The first-order chi connectivity index (χ1) is 7.47. The van der Waals surface area contributed by atoms with E-state index in [1.165, 1.54) is 0 Å². The summed E-state index contributed by atoms with van der Waals surface area (Å²) in [5, 5.41) is 8.99. The van der Waals surface area contributed by atoms with Gasteiger partial charge >= 0.3 is 0 Å². The quantitative estimate of drug-likeness (QED) is 0.764. The van der Waals surface area contributed by atoms with Gasteiger partial charge in [-0.25, -0.2) is 0 Å². The lowest BCUT2D eigenvalue weighted by atomic mass is 10.0. The van der Waals surface area contributed by atoms with Crippen LogP contribution < -0.4 is 0 Å². The second-order valence-corrected chi connectivity index (χ2v) is 5.20. The lowest BCUT2D eigenvalue weighted by Crippen LogP contribution is -2.60. The molecule has 1 saturated heterocycles. The Hall–Kier alpha value is -0.610. The van der Waals surface area contributed by atoms with Gasteiger partial charge in [0, 0.05) is 25.7 Å². The molecule has 4 nitrogen and oxygen atoms in total. The van der Waals surface area contributed by atoms with E-state index in [1.54, 1.807) is 0 Å². The van der Waals surface area contributed by atoms with Gasteiger partial charge < -0.3 is 10.0 Å². The number of carbonyl (C=O) groups is 1. The SMILES string of the molecule is CC(C)CN1C(=O)C(CCO)N(C)CC1C. The molecule has 0 aromatic rings. The maximum absolute atomic E-state index is 12.2. The zero-order valence-corrected chi connectivity index (χ0v) is 10.8. The summed E-state index contributed by atoms with van der Waals surface area (Å²) in [6, 6.07) is 0.134. The Bertz CT molecular complexity index is 243. The minimum absolute atomic E-state index is 0.0741. The molecule has 0 saturated carbocycles. The van der Waals surface area contributed by atoms with Crippen LogP contribution in [-0.4, -0.2) is 59.6 Å². The van der Waals surface area contributed by atoms with Crippen molar-refractivity contribution in [1.82, 2.24) is 9.80 Å². The predicted octanol–water partition coefficient (Wildman–Crippen LogP) is 0.556. The highest BCUT2D eigenvalue weighted by Crippen LogP contribution is 2.18. The Morgan fingerprint density at radius 3 is 2.62 bits per heavy atom. The van der Waals surface area contributed by atoms with E-state index in [2.05, 4.69) is 25.7 Å². The third kappa shape index (κ3) is 2.95. The molecular weight excluding hydrogens is 204 g/mol. The molecule has 1 amide bonds. The van der Waals surface area contributed by atoms with Gasteiger partial charge in [0.15, 0.2) is 0 Å². The smallest absolute Gasteiger partial charge is 0.240 e. The van der Waals surface area contributed by atoms with E-state index < -0.39 is 0 Å². The van der Waals surface area contributed by atoms with Gasteiger partial charge in [-0.05, 0) is 26.3 Å². The van der Waals surface area contributed by atoms with Crippen molar-refractivity contribution in [3.8, 4) is 0 Å². The molecule has 1 fully saturated rings. The van der Waals surface area contributed by atoms with E-state index in [-0.39, 0.29) is 24.6 Å². The molecular formula is C12H24N2O2. The molecule has 2 unspecified atom stereocenters. The summed E-state index contributed by atoms with van der Waals surface area (Å²) in [6.07, 6.45) is 0.538. The van der Waals surface area contributed by atoms with E-state index in [0.717, 1.165) is 13.1 Å². The summed E-state index contributed by atoms with van der Waals surface area (Å²) < 4.78 is 0. The van der Waals surface area contributed by atoms with E-state index in [4.69, 9.17) is 5.11 Å². The van der Waals surface area contributed by atoms with Crippen molar-refractivity contribution in [3.63, 3.8) is 0 Å². The van der Waals surface area contributed by atoms with Crippen molar-refractivity contribution in [2.24, 2.45) is 5.92 Å². The fourth-order valence-corrected chi connectivity index (χ4v) is 2.37. The average molecular weight is 228 g/mol. The molecule has 0 aliphatic carbocycles. The number of likely N-dealkylation sites (N-methyl/N-ethyl adjacent to an activating group) is 1. The second kappa shape index (κ2) is 5.64. The fraction of sp³-hybridized carbons (Fsp3) is 0.917. The van der Waals surface area contributed by atoms with Gasteiger partial charge in [-0.3, -0.25) is 9.69 Å². The average Bonchev–Trinajstić information content (AvgIpc) is 2.19. The lowest BCUT2D eigenvalue weighted by Gasteiger charge is -2.43. The molecule has 0 aromatic carbocycles. The summed E-state index contributed by atoms with van der Waals surface area (Å²) in [7, 11) is 1.96. The first-order valence-corrected chi connectivity index (χ1v) is 6.09. The third-order valence-corrected chi connectivity index (χ3v) is 3.15. The molecule has 2 atom stereocenters. The molecule has 1 aliphatic heterocycles. The van der Waals surface area contributed by atoms with Gasteiger partial charge in [-0.15, -0.1) is 0 Å². The topological polar surface area (TPSA) is 43.8 Å². The minimum atomic E-state index is -0.139.